The molecule has 1 aromatic heterocycles. The van der Waals surface area contributed by atoms with Crippen LogP contribution in [-0.4, -0.2) is 23.5 Å². The first kappa shape index (κ1) is 17.9. The highest BCUT2D eigenvalue weighted by molar-refractivity contribution is 7.08. The lowest BCUT2D eigenvalue weighted by atomic mass is 10.0. The van der Waals surface area contributed by atoms with Crippen LogP contribution >= 0.6 is 11.3 Å². The molecule has 3 nitrogen and oxygen atoms in total. The predicted octanol–water partition coefficient (Wildman–Crippen LogP) is -0.990. The summed E-state index contributed by atoms with van der Waals surface area (Å²) in [5.74, 6) is 0.170. The van der Waals surface area contributed by atoms with Crippen LogP contribution in [0.25, 0.3) is 0 Å². The number of benzene rings is 1. The third-order valence-corrected chi connectivity index (χ3v) is 4.08. The van der Waals surface area contributed by atoms with Crippen molar-refractivity contribution in [3.05, 3.63) is 58.3 Å². The number of aliphatic hydroxyl groups is 1. The molecule has 0 aliphatic heterocycles. The molecular weight excluding hydrogens is 306 g/mol. The molecular formula is C16H20ClNO2S. The highest BCUT2D eigenvalue weighted by Gasteiger charge is 2.19. The second-order valence-corrected chi connectivity index (χ2v) is 5.70. The third-order valence-electron chi connectivity index (χ3n) is 3.39. The number of rotatable bonds is 7. The number of nitrogens with two attached hydrogens (primary N) is 1. The molecule has 1 aromatic carbocycles. The number of aliphatic hydroxyl groups excluding tert-OH is 1. The Morgan fingerprint density at radius 3 is 2.62 bits per heavy atom. The Kier molecular flexibility index (Phi) is 7.61. The van der Waals surface area contributed by atoms with Crippen LogP contribution in [0.15, 0.2) is 47.2 Å². The average molecular weight is 326 g/mol. The number of hydrogen-bond donors (Lipinski definition) is 2. The quantitative estimate of drug-likeness (QED) is 0.642. The Morgan fingerprint density at radius 2 is 2.00 bits per heavy atom. The highest BCUT2D eigenvalue weighted by Crippen LogP contribution is 2.13. The Morgan fingerprint density at radius 1 is 1.29 bits per heavy atom. The van der Waals surface area contributed by atoms with Crippen molar-refractivity contribution < 1.29 is 27.6 Å². The van der Waals surface area contributed by atoms with Gasteiger partial charge in [-0.1, -0.05) is 30.3 Å². The first-order valence-electron chi connectivity index (χ1n) is 6.80. The zero-order valence-electron chi connectivity index (χ0n) is 11.9. The standard InChI is InChI=1S/C16H19NO2S.ClH/c1-12(16(19)13-5-3-2-4-6-13)17-9-7-15(18)14-8-10-20-11-14;/h2-6,8,10-12,16-17,19H,7,9H2,1H3;1H. The molecule has 0 saturated carbocycles. The summed E-state index contributed by atoms with van der Waals surface area (Å²) in [6, 6.07) is 11.5. The molecule has 21 heavy (non-hydrogen) atoms. The summed E-state index contributed by atoms with van der Waals surface area (Å²) in [5, 5.41) is 16.0. The normalized spacial score (nSPS) is 13.2. The molecule has 0 bridgehead atoms. The van der Waals surface area contributed by atoms with Crippen molar-refractivity contribution in [1.82, 2.24) is 0 Å². The number of ketones is 1. The first-order chi connectivity index (χ1) is 9.68. The van der Waals surface area contributed by atoms with E-state index >= 15 is 0 Å². The van der Waals surface area contributed by atoms with Gasteiger partial charge in [-0.05, 0) is 23.9 Å². The number of carbonyl (C=O) groups is 1. The number of quaternary nitrogens is 1. The maximum atomic E-state index is 11.9. The molecule has 0 aliphatic rings. The fraction of sp³-hybridized carbons (Fsp3) is 0.312. The van der Waals surface area contributed by atoms with Gasteiger partial charge in [0.1, 0.15) is 12.1 Å². The van der Waals surface area contributed by atoms with Gasteiger partial charge in [0, 0.05) is 10.9 Å². The van der Waals surface area contributed by atoms with Gasteiger partial charge in [0.25, 0.3) is 0 Å². The van der Waals surface area contributed by atoms with Gasteiger partial charge in [-0.3, -0.25) is 4.79 Å². The topological polar surface area (TPSA) is 53.9 Å². The van der Waals surface area contributed by atoms with Gasteiger partial charge in [-0.15, -0.1) is 0 Å². The molecule has 1 heterocycles. The lowest BCUT2D eigenvalue weighted by Gasteiger charge is -2.17. The summed E-state index contributed by atoms with van der Waals surface area (Å²) in [5.41, 5.74) is 1.71. The van der Waals surface area contributed by atoms with Crippen LogP contribution in [0.2, 0.25) is 0 Å². The van der Waals surface area contributed by atoms with Crippen LogP contribution in [0.1, 0.15) is 35.4 Å². The van der Waals surface area contributed by atoms with E-state index in [4.69, 9.17) is 0 Å². The Bertz CT molecular complexity index is 530. The molecule has 0 saturated heterocycles. The van der Waals surface area contributed by atoms with Crippen molar-refractivity contribution >= 4 is 17.1 Å². The van der Waals surface area contributed by atoms with Crippen LogP contribution < -0.4 is 17.7 Å². The number of thiophene rings is 1. The summed E-state index contributed by atoms with van der Waals surface area (Å²) in [4.78, 5) is 11.9. The fourth-order valence-corrected chi connectivity index (χ4v) is 2.79. The van der Waals surface area contributed by atoms with Crippen molar-refractivity contribution in [3.8, 4) is 0 Å². The number of halogens is 1. The lowest BCUT2D eigenvalue weighted by molar-refractivity contribution is -0.693. The largest absolute Gasteiger partial charge is 1.00 e. The third kappa shape index (κ3) is 5.25. The molecule has 0 aliphatic carbocycles. The summed E-state index contributed by atoms with van der Waals surface area (Å²) in [6.45, 7) is 2.67. The van der Waals surface area contributed by atoms with Crippen LogP contribution in [0, 0.1) is 0 Å². The second-order valence-electron chi connectivity index (χ2n) is 4.92. The van der Waals surface area contributed by atoms with Crippen molar-refractivity contribution in [3.63, 3.8) is 0 Å². The number of carbonyl (C=O) groups excluding carboxylic acids is 1. The highest BCUT2D eigenvalue weighted by atomic mass is 35.5. The van der Waals surface area contributed by atoms with Gasteiger partial charge in [-0.2, -0.15) is 11.3 Å². The Hall–Kier alpha value is -1.20. The monoisotopic (exact) mass is 325 g/mol. The molecule has 0 fully saturated rings. The van der Waals surface area contributed by atoms with E-state index in [9.17, 15) is 9.90 Å². The first-order valence-corrected chi connectivity index (χ1v) is 7.74. The van der Waals surface area contributed by atoms with Crippen LogP contribution in [-0.2, 0) is 0 Å². The van der Waals surface area contributed by atoms with Crippen molar-refractivity contribution in [1.29, 1.82) is 0 Å². The van der Waals surface area contributed by atoms with E-state index < -0.39 is 6.10 Å². The van der Waals surface area contributed by atoms with E-state index in [2.05, 4.69) is 0 Å². The lowest BCUT2D eigenvalue weighted by Crippen LogP contribution is -3.00. The molecule has 2 unspecified atom stereocenters. The summed E-state index contributed by atoms with van der Waals surface area (Å²) >= 11 is 1.54. The molecule has 3 N–H and O–H groups in total. The Balaban J connectivity index is 0.00000220. The van der Waals surface area contributed by atoms with E-state index in [1.165, 1.54) is 11.3 Å². The zero-order chi connectivity index (χ0) is 14.4. The maximum Gasteiger partial charge on any atom is 0.169 e. The van der Waals surface area contributed by atoms with E-state index in [1.54, 1.807) is 0 Å². The molecule has 0 radical (unpaired) electrons. The number of Topliss-reactive ketones (excluding diaryl/α,β-unsaturated/α-hetero) is 1. The van der Waals surface area contributed by atoms with Gasteiger partial charge < -0.3 is 22.8 Å². The van der Waals surface area contributed by atoms with Gasteiger partial charge in [0.2, 0.25) is 0 Å². The molecule has 2 aromatic rings. The second kappa shape index (κ2) is 8.95. The fourth-order valence-electron chi connectivity index (χ4n) is 2.13. The van der Waals surface area contributed by atoms with E-state index in [1.807, 2.05) is 59.4 Å². The maximum absolute atomic E-state index is 11.9. The van der Waals surface area contributed by atoms with Crippen molar-refractivity contribution in [2.45, 2.75) is 25.5 Å². The van der Waals surface area contributed by atoms with Gasteiger partial charge >= 0.3 is 0 Å². The summed E-state index contributed by atoms with van der Waals surface area (Å²) < 4.78 is 0. The van der Waals surface area contributed by atoms with Crippen molar-refractivity contribution in [2.24, 2.45) is 0 Å². The molecule has 5 heteroatoms. The van der Waals surface area contributed by atoms with E-state index in [0.29, 0.717) is 13.0 Å². The number of hydrogen-bond acceptors (Lipinski definition) is 3. The Labute approximate surface area is 135 Å². The van der Waals surface area contributed by atoms with E-state index in [-0.39, 0.29) is 24.2 Å². The van der Waals surface area contributed by atoms with Crippen LogP contribution in [0.3, 0.4) is 0 Å². The minimum atomic E-state index is -0.507. The van der Waals surface area contributed by atoms with Crippen LogP contribution in [0.4, 0.5) is 0 Å². The van der Waals surface area contributed by atoms with Gasteiger partial charge in [0.05, 0.1) is 13.0 Å². The average Bonchev–Trinajstić information content (AvgIpc) is 3.01. The SMILES string of the molecule is CC([NH2+]CCC(=O)c1ccsc1)C(O)c1ccccc1.[Cl-]. The smallest absolute Gasteiger partial charge is 0.169 e. The zero-order valence-corrected chi connectivity index (χ0v) is 13.5. The summed E-state index contributed by atoms with van der Waals surface area (Å²) in [7, 11) is 0. The van der Waals surface area contributed by atoms with E-state index in [0.717, 1.165) is 11.1 Å². The summed E-state index contributed by atoms with van der Waals surface area (Å²) in [6.07, 6.45) is -0.00443. The molecule has 2 atom stereocenters. The molecule has 2 rings (SSSR count). The minimum Gasteiger partial charge on any atom is -1.00 e. The van der Waals surface area contributed by atoms with Gasteiger partial charge in [-0.25, -0.2) is 0 Å². The van der Waals surface area contributed by atoms with Gasteiger partial charge in [0.15, 0.2) is 5.78 Å². The predicted molar refractivity (Wildman–Crippen MR) is 80.9 cm³/mol. The molecule has 114 valence electrons. The molecule has 0 spiro atoms. The van der Waals surface area contributed by atoms with Crippen molar-refractivity contribution in [2.75, 3.05) is 6.54 Å². The van der Waals surface area contributed by atoms with Crippen LogP contribution in [0.5, 0.6) is 0 Å². The molecule has 0 amide bonds. The minimum absolute atomic E-state index is 0.